The van der Waals surface area contributed by atoms with Gasteiger partial charge in [-0.15, -0.1) is 11.3 Å². The molecule has 1 aromatic heterocycles. The fourth-order valence-corrected chi connectivity index (χ4v) is 6.70. The molecule has 176 valence electrons. The largest absolute Gasteiger partial charge is 0.337 e. The Labute approximate surface area is 202 Å². The number of amides is 2. The Morgan fingerprint density at radius 1 is 0.912 bits per heavy atom. The first-order chi connectivity index (χ1) is 16.6. The minimum atomic E-state index is -0.252. The van der Waals surface area contributed by atoms with Gasteiger partial charge in [0.2, 0.25) is 0 Å². The fraction of sp³-hybridized carbons (Fsp3) is 0.407. The molecule has 2 aromatic carbocycles. The monoisotopic (exact) mass is 477 g/mol. The lowest BCUT2D eigenvalue weighted by Crippen LogP contribution is -2.62. The molecule has 7 heteroatoms. The van der Waals surface area contributed by atoms with Crippen molar-refractivity contribution in [3.8, 4) is 0 Å². The second kappa shape index (κ2) is 8.78. The molecule has 1 saturated carbocycles. The lowest BCUT2D eigenvalue weighted by molar-refractivity contribution is 0.0555. The van der Waals surface area contributed by atoms with Gasteiger partial charge in [0.05, 0.1) is 4.88 Å². The molecule has 34 heavy (non-hydrogen) atoms. The van der Waals surface area contributed by atoms with Crippen LogP contribution in [0.25, 0.3) is 10.1 Å². The second-order valence-corrected chi connectivity index (χ2v) is 10.8. The van der Waals surface area contributed by atoms with Crippen molar-refractivity contribution in [1.82, 2.24) is 15.1 Å². The molecule has 2 aliphatic heterocycles. The average Bonchev–Trinajstić information content (AvgIpc) is 3.39. The molecule has 3 fully saturated rings. The Morgan fingerprint density at radius 2 is 1.68 bits per heavy atom. The molecule has 1 atom stereocenters. The summed E-state index contributed by atoms with van der Waals surface area (Å²) in [5, 5.41) is 4.69. The summed E-state index contributed by atoms with van der Waals surface area (Å²) in [6.45, 7) is 2.80. The van der Waals surface area contributed by atoms with Crippen LogP contribution in [0.4, 0.5) is 4.39 Å². The number of carbonyl (C=O) groups is 2. The Kier molecular flexibility index (Phi) is 5.62. The first-order valence-corrected chi connectivity index (χ1v) is 13.0. The molecule has 0 spiro atoms. The number of benzene rings is 2. The number of fused-ring (bicyclic) bond motifs is 1. The summed E-state index contributed by atoms with van der Waals surface area (Å²) in [6, 6.07) is 14.8. The SMILES string of the molecule is O=C(c1ccccc1)N1CCC(NC2CN(C(=O)c3sc4cc(F)ccc4c3C3CCC3)C2)C1. The van der Waals surface area contributed by atoms with Gasteiger partial charge in [-0.05, 0) is 60.4 Å². The van der Waals surface area contributed by atoms with Crippen LogP contribution >= 0.6 is 11.3 Å². The highest BCUT2D eigenvalue weighted by Crippen LogP contribution is 2.45. The number of likely N-dealkylation sites (tertiary alicyclic amines) is 2. The van der Waals surface area contributed by atoms with Gasteiger partial charge >= 0.3 is 0 Å². The van der Waals surface area contributed by atoms with E-state index in [-0.39, 0.29) is 29.7 Å². The number of nitrogens with zero attached hydrogens (tertiary/aromatic N) is 2. The maximum atomic E-state index is 13.8. The van der Waals surface area contributed by atoms with E-state index in [9.17, 15) is 14.0 Å². The number of rotatable bonds is 5. The molecule has 3 aromatic rings. The molecule has 3 aliphatic rings. The van der Waals surface area contributed by atoms with Crippen molar-refractivity contribution in [2.45, 2.75) is 43.7 Å². The number of halogens is 1. The van der Waals surface area contributed by atoms with Crippen LogP contribution < -0.4 is 5.32 Å². The highest BCUT2D eigenvalue weighted by molar-refractivity contribution is 7.21. The van der Waals surface area contributed by atoms with E-state index in [4.69, 9.17) is 0 Å². The Morgan fingerprint density at radius 3 is 2.41 bits per heavy atom. The molecule has 3 heterocycles. The normalized spacial score (nSPS) is 21.0. The minimum absolute atomic E-state index is 0.0777. The van der Waals surface area contributed by atoms with Gasteiger partial charge < -0.3 is 15.1 Å². The summed E-state index contributed by atoms with van der Waals surface area (Å²) >= 11 is 1.44. The quantitative estimate of drug-likeness (QED) is 0.583. The zero-order chi connectivity index (χ0) is 23.2. The van der Waals surface area contributed by atoms with Gasteiger partial charge in [-0.25, -0.2) is 4.39 Å². The van der Waals surface area contributed by atoms with E-state index >= 15 is 0 Å². The van der Waals surface area contributed by atoms with Crippen molar-refractivity contribution in [3.63, 3.8) is 0 Å². The van der Waals surface area contributed by atoms with Gasteiger partial charge in [0, 0.05) is 48.5 Å². The number of thiophene rings is 1. The Bertz CT molecular complexity index is 1230. The minimum Gasteiger partial charge on any atom is -0.337 e. The van der Waals surface area contributed by atoms with Gasteiger partial charge in [-0.3, -0.25) is 9.59 Å². The van der Waals surface area contributed by atoms with Gasteiger partial charge in [-0.2, -0.15) is 0 Å². The van der Waals surface area contributed by atoms with Crippen LogP contribution in [0.2, 0.25) is 0 Å². The number of nitrogens with one attached hydrogen (secondary N) is 1. The van der Waals surface area contributed by atoms with E-state index in [0.717, 1.165) is 51.9 Å². The van der Waals surface area contributed by atoms with Crippen LogP contribution in [0.1, 0.15) is 57.2 Å². The van der Waals surface area contributed by atoms with Gasteiger partial charge in [-0.1, -0.05) is 30.7 Å². The Hall–Kier alpha value is -2.77. The summed E-state index contributed by atoms with van der Waals surface area (Å²) < 4.78 is 14.7. The molecule has 5 nitrogen and oxygen atoms in total. The first-order valence-electron chi connectivity index (χ1n) is 12.2. The van der Waals surface area contributed by atoms with Crippen molar-refractivity contribution in [2.24, 2.45) is 0 Å². The van der Waals surface area contributed by atoms with E-state index in [1.807, 2.05) is 46.2 Å². The van der Waals surface area contributed by atoms with E-state index in [1.165, 1.54) is 23.8 Å². The van der Waals surface area contributed by atoms with Crippen molar-refractivity contribution in [1.29, 1.82) is 0 Å². The van der Waals surface area contributed by atoms with Crippen LogP contribution in [0, 0.1) is 5.82 Å². The molecular formula is C27H28FN3O2S. The van der Waals surface area contributed by atoms with Crippen molar-refractivity contribution in [3.05, 3.63) is 70.4 Å². The summed E-state index contributed by atoms with van der Waals surface area (Å²) in [7, 11) is 0. The molecule has 0 bridgehead atoms. The number of hydrogen-bond acceptors (Lipinski definition) is 4. The fourth-order valence-electron chi connectivity index (χ4n) is 5.42. The van der Waals surface area contributed by atoms with Gasteiger partial charge in [0.25, 0.3) is 11.8 Å². The zero-order valence-electron chi connectivity index (χ0n) is 19.0. The van der Waals surface area contributed by atoms with E-state index in [2.05, 4.69) is 5.32 Å². The smallest absolute Gasteiger partial charge is 0.264 e. The third-order valence-corrected chi connectivity index (χ3v) is 8.69. The molecule has 1 aliphatic carbocycles. The molecule has 2 saturated heterocycles. The highest BCUT2D eigenvalue weighted by Gasteiger charge is 2.38. The van der Waals surface area contributed by atoms with Crippen molar-refractivity contribution in [2.75, 3.05) is 26.2 Å². The molecule has 2 amide bonds. The van der Waals surface area contributed by atoms with E-state index in [1.54, 1.807) is 6.07 Å². The maximum absolute atomic E-state index is 13.8. The van der Waals surface area contributed by atoms with Crippen LogP contribution in [0.5, 0.6) is 0 Å². The summed E-state index contributed by atoms with van der Waals surface area (Å²) in [4.78, 5) is 30.7. The maximum Gasteiger partial charge on any atom is 0.264 e. The zero-order valence-corrected chi connectivity index (χ0v) is 19.8. The predicted molar refractivity (Wildman–Crippen MR) is 132 cm³/mol. The molecular weight excluding hydrogens is 449 g/mol. The molecule has 1 N–H and O–H groups in total. The molecule has 0 radical (unpaired) electrons. The lowest BCUT2D eigenvalue weighted by Gasteiger charge is -2.41. The third kappa shape index (κ3) is 3.91. The lowest BCUT2D eigenvalue weighted by atomic mass is 9.78. The van der Waals surface area contributed by atoms with Crippen LogP contribution in [0.15, 0.2) is 48.5 Å². The van der Waals surface area contributed by atoms with Gasteiger partial charge in [0.1, 0.15) is 5.82 Å². The number of hydrogen-bond donors (Lipinski definition) is 1. The molecule has 6 rings (SSSR count). The summed E-state index contributed by atoms with van der Waals surface area (Å²) in [6.07, 6.45) is 4.33. The van der Waals surface area contributed by atoms with Crippen LogP contribution in [-0.4, -0.2) is 59.9 Å². The predicted octanol–water partition coefficient (Wildman–Crippen LogP) is 4.64. The van der Waals surface area contributed by atoms with Crippen LogP contribution in [-0.2, 0) is 0 Å². The first kappa shape index (κ1) is 21.7. The molecule has 1 unspecified atom stereocenters. The van der Waals surface area contributed by atoms with Crippen molar-refractivity contribution >= 4 is 33.2 Å². The highest BCUT2D eigenvalue weighted by atomic mass is 32.1. The van der Waals surface area contributed by atoms with E-state index < -0.39 is 0 Å². The van der Waals surface area contributed by atoms with Gasteiger partial charge in [0.15, 0.2) is 0 Å². The van der Waals surface area contributed by atoms with Crippen LogP contribution in [0.3, 0.4) is 0 Å². The number of carbonyl (C=O) groups excluding carboxylic acids is 2. The third-order valence-electron chi connectivity index (χ3n) is 7.53. The summed E-state index contributed by atoms with van der Waals surface area (Å²) in [5.41, 5.74) is 1.87. The second-order valence-electron chi connectivity index (χ2n) is 9.79. The van der Waals surface area contributed by atoms with E-state index in [0.29, 0.717) is 25.6 Å². The van der Waals surface area contributed by atoms with Crippen molar-refractivity contribution < 1.29 is 14.0 Å². The summed E-state index contributed by atoms with van der Waals surface area (Å²) in [5.74, 6) is 0.325. The average molecular weight is 478 g/mol. The standard InChI is InChI=1S/C27H28FN3O2S/c28-19-9-10-22-23(13-19)34-25(24(22)17-7-4-8-17)27(33)31-15-21(16-31)29-20-11-12-30(14-20)26(32)18-5-2-1-3-6-18/h1-3,5-6,9-10,13,17,20-21,29H,4,7-8,11-12,14-16H2. The topological polar surface area (TPSA) is 52.7 Å². The Balaban J connectivity index is 1.08.